The van der Waals surface area contributed by atoms with E-state index >= 15 is 0 Å². The van der Waals surface area contributed by atoms with Gasteiger partial charge in [-0.3, -0.25) is 15.0 Å². The molecule has 30 heavy (non-hydrogen) atoms. The van der Waals surface area contributed by atoms with E-state index in [4.69, 9.17) is 5.11 Å². The quantitative estimate of drug-likeness (QED) is 0.452. The molecule has 1 aromatic carbocycles. The van der Waals surface area contributed by atoms with Gasteiger partial charge in [-0.05, 0) is 43.9 Å². The van der Waals surface area contributed by atoms with E-state index in [9.17, 15) is 9.59 Å². The molecule has 0 spiro atoms. The van der Waals surface area contributed by atoms with Crippen molar-refractivity contribution >= 4 is 67.5 Å². The molecule has 0 bridgehead atoms. The molecule has 1 aliphatic carbocycles. The van der Waals surface area contributed by atoms with Crippen LogP contribution in [0.4, 0.5) is 15.6 Å². The van der Waals surface area contributed by atoms with Crippen LogP contribution in [0.5, 0.6) is 0 Å². The van der Waals surface area contributed by atoms with E-state index in [1.54, 1.807) is 22.4 Å². The number of thioether (sulfide) groups is 1. The summed E-state index contributed by atoms with van der Waals surface area (Å²) in [7, 11) is 0. The Balaban J connectivity index is 1.53. The topological polar surface area (TPSA) is 95.4 Å². The number of amides is 2. The van der Waals surface area contributed by atoms with E-state index in [1.807, 2.05) is 25.1 Å². The van der Waals surface area contributed by atoms with Gasteiger partial charge in [0.15, 0.2) is 5.13 Å². The first-order valence-electron chi connectivity index (χ1n) is 9.74. The SMILES string of the molecule is Cc1nc2cc(N(CC3CCCC3)C(=O)Nc3ncc(SCC(=O)O)s3)ccc2s1. The van der Waals surface area contributed by atoms with Crippen molar-refractivity contribution in [1.29, 1.82) is 0 Å². The first-order valence-corrected chi connectivity index (χ1v) is 12.4. The second-order valence-electron chi connectivity index (χ2n) is 7.24. The Kier molecular flexibility index (Phi) is 6.55. The molecule has 0 saturated heterocycles. The number of fused-ring (bicyclic) bond motifs is 1. The van der Waals surface area contributed by atoms with Crippen LogP contribution < -0.4 is 10.2 Å². The summed E-state index contributed by atoms with van der Waals surface area (Å²) in [4.78, 5) is 34.5. The van der Waals surface area contributed by atoms with Crippen LogP contribution in [-0.2, 0) is 4.79 Å². The highest BCUT2D eigenvalue weighted by Crippen LogP contribution is 2.32. The average Bonchev–Trinajstić information content (AvgIpc) is 3.44. The summed E-state index contributed by atoms with van der Waals surface area (Å²) in [6.07, 6.45) is 6.28. The molecular formula is C20H22N4O3S3. The van der Waals surface area contributed by atoms with Crippen LogP contribution in [0.2, 0.25) is 0 Å². The molecule has 3 aromatic rings. The van der Waals surface area contributed by atoms with Crippen molar-refractivity contribution in [2.75, 3.05) is 22.5 Å². The van der Waals surface area contributed by atoms with E-state index in [-0.39, 0.29) is 11.8 Å². The number of nitrogens with one attached hydrogen (secondary N) is 1. The molecule has 158 valence electrons. The third kappa shape index (κ3) is 5.11. The smallest absolute Gasteiger partial charge is 0.328 e. The van der Waals surface area contributed by atoms with Crippen molar-refractivity contribution in [3.8, 4) is 0 Å². The molecule has 1 fully saturated rings. The molecule has 1 saturated carbocycles. The summed E-state index contributed by atoms with van der Waals surface area (Å²) in [5.41, 5.74) is 1.73. The third-order valence-corrected chi connectivity index (χ3v) is 8.03. The molecule has 2 N–H and O–H groups in total. The van der Waals surface area contributed by atoms with Gasteiger partial charge in [-0.1, -0.05) is 24.2 Å². The van der Waals surface area contributed by atoms with Gasteiger partial charge in [-0.15, -0.1) is 23.1 Å². The van der Waals surface area contributed by atoms with Crippen molar-refractivity contribution in [3.63, 3.8) is 0 Å². The minimum Gasteiger partial charge on any atom is -0.481 e. The summed E-state index contributed by atoms with van der Waals surface area (Å²) >= 11 is 4.12. The Morgan fingerprint density at radius 2 is 2.10 bits per heavy atom. The normalized spacial score (nSPS) is 14.3. The number of carboxylic acids is 1. The number of urea groups is 1. The number of carbonyl (C=O) groups excluding carboxylic acids is 1. The number of hydrogen-bond acceptors (Lipinski definition) is 7. The van der Waals surface area contributed by atoms with Crippen LogP contribution in [0, 0.1) is 12.8 Å². The second kappa shape index (κ2) is 9.32. The Morgan fingerprint density at radius 1 is 1.30 bits per heavy atom. The maximum Gasteiger partial charge on any atom is 0.328 e. The van der Waals surface area contributed by atoms with Gasteiger partial charge in [-0.25, -0.2) is 14.8 Å². The molecular weight excluding hydrogens is 440 g/mol. The Bertz CT molecular complexity index is 1060. The summed E-state index contributed by atoms with van der Waals surface area (Å²) in [6, 6.07) is 5.75. The van der Waals surface area contributed by atoms with Gasteiger partial charge in [0.05, 0.1) is 31.4 Å². The van der Waals surface area contributed by atoms with E-state index < -0.39 is 5.97 Å². The lowest BCUT2D eigenvalue weighted by atomic mass is 10.1. The molecule has 0 aliphatic heterocycles. The zero-order valence-corrected chi connectivity index (χ0v) is 18.9. The number of aliphatic carboxylic acids is 1. The largest absolute Gasteiger partial charge is 0.481 e. The standard InChI is InChI=1S/C20H22N4O3S3/c1-12-22-15-8-14(6-7-16(15)29-12)24(10-13-4-2-3-5-13)20(27)23-19-21-9-18(30-19)28-11-17(25)26/h6-9,13H,2-5,10-11H2,1H3,(H,25,26)(H,21,23,27). The highest BCUT2D eigenvalue weighted by atomic mass is 32.2. The maximum absolute atomic E-state index is 13.2. The predicted molar refractivity (Wildman–Crippen MR) is 123 cm³/mol. The van der Waals surface area contributed by atoms with Gasteiger partial charge in [0.1, 0.15) is 0 Å². The molecule has 7 nitrogen and oxygen atoms in total. The van der Waals surface area contributed by atoms with Crippen LogP contribution in [-0.4, -0.2) is 39.4 Å². The van der Waals surface area contributed by atoms with E-state index in [2.05, 4.69) is 15.3 Å². The van der Waals surface area contributed by atoms with Crippen molar-refractivity contribution < 1.29 is 14.7 Å². The lowest BCUT2D eigenvalue weighted by Gasteiger charge is -2.25. The fourth-order valence-electron chi connectivity index (χ4n) is 3.63. The Hall–Kier alpha value is -2.17. The van der Waals surface area contributed by atoms with Crippen LogP contribution >= 0.6 is 34.4 Å². The highest BCUT2D eigenvalue weighted by molar-refractivity contribution is 8.01. The van der Waals surface area contributed by atoms with E-state index in [0.717, 1.165) is 38.0 Å². The molecule has 2 heterocycles. The summed E-state index contributed by atoms with van der Waals surface area (Å²) in [6.45, 7) is 2.64. The van der Waals surface area contributed by atoms with Gasteiger partial charge in [-0.2, -0.15) is 0 Å². The summed E-state index contributed by atoms with van der Waals surface area (Å²) in [5.74, 6) is -0.424. The zero-order valence-electron chi connectivity index (χ0n) is 16.5. The van der Waals surface area contributed by atoms with Crippen molar-refractivity contribution in [2.45, 2.75) is 36.8 Å². The van der Waals surface area contributed by atoms with Gasteiger partial charge < -0.3 is 5.11 Å². The van der Waals surface area contributed by atoms with Gasteiger partial charge in [0, 0.05) is 12.2 Å². The van der Waals surface area contributed by atoms with Gasteiger partial charge in [0.2, 0.25) is 0 Å². The number of aryl methyl sites for hydroxylation is 1. The number of carboxylic acid groups (broad SMARTS) is 1. The maximum atomic E-state index is 13.2. The van der Waals surface area contributed by atoms with Crippen LogP contribution in [0.1, 0.15) is 30.7 Å². The second-order valence-corrected chi connectivity index (χ2v) is 10.8. The number of carbonyl (C=O) groups is 2. The number of hydrogen-bond donors (Lipinski definition) is 2. The first-order chi connectivity index (χ1) is 14.5. The summed E-state index contributed by atoms with van der Waals surface area (Å²) < 4.78 is 1.87. The van der Waals surface area contributed by atoms with E-state index in [1.165, 1.54) is 35.9 Å². The molecule has 4 rings (SSSR count). The minimum atomic E-state index is -0.880. The Morgan fingerprint density at radius 3 is 2.87 bits per heavy atom. The van der Waals surface area contributed by atoms with Crippen LogP contribution in [0.25, 0.3) is 10.2 Å². The molecule has 0 atom stereocenters. The molecule has 2 amide bonds. The number of nitrogens with zero attached hydrogens (tertiary/aromatic N) is 3. The molecule has 10 heteroatoms. The lowest BCUT2D eigenvalue weighted by Crippen LogP contribution is -2.38. The molecule has 1 aliphatic rings. The van der Waals surface area contributed by atoms with E-state index in [0.29, 0.717) is 17.6 Å². The van der Waals surface area contributed by atoms with Crippen molar-refractivity contribution in [3.05, 3.63) is 29.4 Å². The number of thiazole rings is 2. The summed E-state index contributed by atoms with van der Waals surface area (Å²) in [5, 5.41) is 13.2. The Labute approximate surface area is 186 Å². The number of rotatable bonds is 7. The van der Waals surface area contributed by atoms with Crippen LogP contribution in [0.3, 0.4) is 0 Å². The highest BCUT2D eigenvalue weighted by Gasteiger charge is 2.24. The molecule has 0 radical (unpaired) electrons. The fraction of sp³-hybridized carbons (Fsp3) is 0.400. The average molecular weight is 463 g/mol. The lowest BCUT2D eigenvalue weighted by molar-refractivity contribution is -0.133. The predicted octanol–water partition coefficient (Wildman–Crippen LogP) is 5.47. The van der Waals surface area contributed by atoms with Gasteiger partial charge >= 0.3 is 12.0 Å². The number of anilines is 2. The fourth-order valence-corrected chi connectivity index (χ4v) is 6.02. The molecule has 2 aromatic heterocycles. The van der Waals surface area contributed by atoms with Crippen molar-refractivity contribution in [1.82, 2.24) is 9.97 Å². The monoisotopic (exact) mass is 462 g/mol. The van der Waals surface area contributed by atoms with Gasteiger partial charge in [0.25, 0.3) is 0 Å². The van der Waals surface area contributed by atoms with Crippen molar-refractivity contribution in [2.24, 2.45) is 5.92 Å². The molecule has 0 unspecified atom stereocenters. The van der Waals surface area contributed by atoms with Crippen LogP contribution in [0.15, 0.2) is 28.6 Å². The number of aromatic nitrogens is 2. The zero-order chi connectivity index (χ0) is 21.1. The minimum absolute atomic E-state index is 0.0313. The number of benzene rings is 1. The third-order valence-electron chi connectivity index (χ3n) is 4.99. The first kappa shape index (κ1) is 21.1.